The van der Waals surface area contributed by atoms with E-state index in [0.29, 0.717) is 19.6 Å². The molecule has 0 saturated carbocycles. The van der Waals surface area contributed by atoms with Crippen LogP contribution in [0, 0.1) is 11.8 Å². The van der Waals surface area contributed by atoms with Crippen molar-refractivity contribution >= 4 is 24.2 Å². The van der Waals surface area contributed by atoms with Gasteiger partial charge in [0.05, 0.1) is 13.2 Å². The number of rotatable bonds is 4. The van der Waals surface area contributed by atoms with Crippen molar-refractivity contribution in [3.63, 3.8) is 0 Å². The summed E-state index contributed by atoms with van der Waals surface area (Å²) >= 11 is 0. The lowest BCUT2D eigenvalue weighted by atomic mass is 9.92. The number of hydrogen-bond acceptors (Lipinski definition) is 4. The van der Waals surface area contributed by atoms with E-state index in [9.17, 15) is 9.59 Å². The van der Waals surface area contributed by atoms with Gasteiger partial charge in [0.1, 0.15) is 5.75 Å². The standard InChI is InChI=1S/C21H31N3O3.ClH/c1-15(2)20(25)23-11-8-16(9-12-23)21(26)24-13-10-22-14-18(24)17-6-4-5-7-19(17)27-3;/h4-7,15-16,18,22H,8-14H2,1-3H3;1H. The predicted molar refractivity (Wildman–Crippen MR) is 112 cm³/mol. The second kappa shape index (κ2) is 10.1. The van der Waals surface area contributed by atoms with E-state index < -0.39 is 0 Å². The van der Waals surface area contributed by atoms with Crippen LogP contribution in [-0.2, 0) is 9.59 Å². The first-order chi connectivity index (χ1) is 13.0. The van der Waals surface area contributed by atoms with Crippen molar-refractivity contribution in [3.8, 4) is 5.75 Å². The van der Waals surface area contributed by atoms with Crippen LogP contribution in [0.5, 0.6) is 5.75 Å². The van der Waals surface area contributed by atoms with Crippen molar-refractivity contribution < 1.29 is 14.3 Å². The fourth-order valence-corrected chi connectivity index (χ4v) is 4.13. The maximum absolute atomic E-state index is 13.3. The van der Waals surface area contributed by atoms with Gasteiger partial charge < -0.3 is 19.9 Å². The topological polar surface area (TPSA) is 61.9 Å². The number of ether oxygens (including phenoxy) is 1. The molecule has 0 bridgehead atoms. The zero-order valence-electron chi connectivity index (χ0n) is 17.0. The Hall–Kier alpha value is -1.79. The number of halogens is 1. The Labute approximate surface area is 174 Å². The molecule has 1 atom stereocenters. The van der Waals surface area contributed by atoms with Gasteiger partial charge in [0.25, 0.3) is 0 Å². The number of nitrogens with one attached hydrogen (secondary N) is 1. The molecule has 2 aliphatic rings. The third kappa shape index (κ3) is 4.78. The molecule has 28 heavy (non-hydrogen) atoms. The van der Waals surface area contributed by atoms with Crippen LogP contribution in [0.25, 0.3) is 0 Å². The highest BCUT2D eigenvalue weighted by Gasteiger charge is 2.36. The molecule has 2 aliphatic heterocycles. The van der Waals surface area contributed by atoms with E-state index in [4.69, 9.17) is 4.74 Å². The van der Waals surface area contributed by atoms with Gasteiger partial charge in [-0.3, -0.25) is 9.59 Å². The lowest BCUT2D eigenvalue weighted by molar-refractivity contribution is -0.144. The molecular weight excluding hydrogens is 378 g/mol. The minimum Gasteiger partial charge on any atom is -0.496 e. The number of carbonyl (C=O) groups is 2. The molecule has 0 aromatic heterocycles. The molecule has 0 radical (unpaired) electrons. The number of nitrogens with zero attached hydrogens (tertiary/aromatic N) is 2. The zero-order chi connectivity index (χ0) is 19.4. The van der Waals surface area contributed by atoms with Crippen LogP contribution in [0.15, 0.2) is 24.3 Å². The van der Waals surface area contributed by atoms with Crippen LogP contribution in [0.3, 0.4) is 0 Å². The maximum Gasteiger partial charge on any atom is 0.226 e. The van der Waals surface area contributed by atoms with Gasteiger partial charge in [-0.1, -0.05) is 32.0 Å². The van der Waals surface area contributed by atoms with Crippen LogP contribution in [0.1, 0.15) is 38.3 Å². The Morgan fingerprint density at radius 1 is 1.14 bits per heavy atom. The highest BCUT2D eigenvalue weighted by atomic mass is 35.5. The van der Waals surface area contributed by atoms with Gasteiger partial charge in [0.2, 0.25) is 11.8 Å². The Balaban J connectivity index is 0.00000280. The smallest absolute Gasteiger partial charge is 0.226 e. The van der Waals surface area contributed by atoms with Gasteiger partial charge in [-0.15, -0.1) is 12.4 Å². The van der Waals surface area contributed by atoms with E-state index >= 15 is 0 Å². The molecule has 3 rings (SSSR count). The minimum absolute atomic E-state index is 0. The number of hydrogen-bond donors (Lipinski definition) is 1. The Morgan fingerprint density at radius 3 is 2.46 bits per heavy atom. The molecule has 0 spiro atoms. The van der Waals surface area contributed by atoms with Gasteiger partial charge in [-0.25, -0.2) is 0 Å². The molecule has 1 unspecified atom stereocenters. The van der Waals surface area contributed by atoms with Crippen LogP contribution in [0.4, 0.5) is 0 Å². The summed E-state index contributed by atoms with van der Waals surface area (Å²) in [5, 5.41) is 3.40. The summed E-state index contributed by atoms with van der Waals surface area (Å²) < 4.78 is 5.53. The van der Waals surface area contributed by atoms with E-state index in [1.54, 1.807) is 7.11 Å². The number of benzene rings is 1. The van der Waals surface area contributed by atoms with Gasteiger partial charge in [0, 0.05) is 50.1 Å². The number of amides is 2. The molecule has 156 valence electrons. The summed E-state index contributed by atoms with van der Waals surface area (Å²) in [6.45, 7) is 7.46. The lowest BCUT2D eigenvalue weighted by Crippen LogP contribution is -2.52. The summed E-state index contributed by atoms with van der Waals surface area (Å²) in [5.41, 5.74) is 1.05. The van der Waals surface area contributed by atoms with Crippen LogP contribution in [-0.4, -0.2) is 61.4 Å². The first-order valence-corrected chi connectivity index (χ1v) is 9.95. The Kier molecular flexibility index (Phi) is 8.13. The monoisotopic (exact) mass is 409 g/mol. The lowest BCUT2D eigenvalue weighted by Gasteiger charge is -2.41. The molecule has 7 heteroatoms. The average molecular weight is 410 g/mol. The third-order valence-corrected chi connectivity index (χ3v) is 5.67. The number of piperidine rings is 1. The summed E-state index contributed by atoms with van der Waals surface area (Å²) in [7, 11) is 1.67. The molecular formula is C21H32ClN3O3. The van der Waals surface area contributed by atoms with Crippen molar-refractivity contribution in [2.75, 3.05) is 39.8 Å². The van der Waals surface area contributed by atoms with Crippen molar-refractivity contribution in [1.29, 1.82) is 0 Å². The fraction of sp³-hybridized carbons (Fsp3) is 0.619. The van der Waals surface area contributed by atoms with E-state index in [2.05, 4.69) is 5.32 Å². The highest BCUT2D eigenvalue weighted by Crippen LogP contribution is 2.32. The number of piperazine rings is 1. The predicted octanol–water partition coefficient (Wildman–Crippen LogP) is 2.48. The third-order valence-electron chi connectivity index (χ3n) is 5.67. The van der Waals surface area contributed by atoms with Gasteiger partial charge in [-0.2, -0.15) is 0 Å². The SMILES string of the molecule is COc1ccccc1C1CNCCN1C(=O)C1CCN(C(=O)C(C)C)CC1.Cl. The van der Waals surface area contributed by atoms with Crippen molar-refractivity contribution in [1.82, 2.24) is 15.1 Å². The number of carbonyl (C=O) groups excluding carboxylic acids is 2. The minimum atomic E-state index is -0.0160. The molecule has 1 N–H and O–H groups in total. The van der Waals surface area contributed by atoms with Gasteiger partial charge in [0.15, 0.2) is 0 Å². The molecule has 6 nitrogen and oxygen atoms in total. The molecule has 2 saturated heterocycles. The summed E-state index contributed by atoms with van der Waals surface area (Å²) in [5.74, 6) is 1.23. The normalized spacial score (nSPS) is 20.6. The number of methoxy groups -OCH3 is 1. The first-order valence-electron chi connectivity index (χ1n) is 9.95. The van der Waals surface area contributed by atoms with Gasteiger partial charge >= 0.3 is 0 Å². The highest BCUT2D eigenvalue weighted by molar-refractivity contribution is 5.85. The van der Waals surface area contributed by atoms with E-state index in [1.807, 2.05) is 47.9 Å². The summed E-state index contributed by atoms with van der Waals surface area (Å²) in [6.07, 6.45) is 1.50. The molecule has 0 aliphatic carbocycles. The van der Waals surface area contributed by atoms with Crippen molar-refractivity contribution in [2.45, 2.75) is 32.7 Å². The molecule has 2 amide bonds. The average Bonchev–Trinajstić information content (AvgIpc) is 2.72. The number of para-hydroxylation sites is 1. The zero-order valence-corrected chi connectivity index (χ0v) is 17.8. The largest absolute Gasteiger partial charge is 0.496 e. The fourth-order valence-electron chi connectivity index (χ4n) is 4.13. The second-order valence-electron chi connectivity index (χ2n) is 7.75. The second-order valence-corrected chi connectivity index (χ2v) is 7.75. The van der Waals surface area contributed by atoms with E-state index in [-0.39, 0.29) is 42.1 Å². The maximum atomic E-state index is 13.3. The Bertz CT molecular complexity index is 675. The van der Waals surface area contributed by atoms with Crippen molar-refractivity contribution in [2.24, 2.45) is 11.8 Å². The molecule has 2 fully saturated rings. The first kappa shape index (κ1) is 22.5. The quantitative estimate of drug-likeness (QED) is 0.829. The summed E-state index contributed by atoms with van der Waals surface area (Å²) in [4.78, 5) is 29.4. The van der Waals surface area contributed by atoms with E-state index in [0.717, 1.165) is 37.2 Å². The van der Waals surface area contributed by atoms with E-state index in [1.165, 1.54) is 0 Å². The van der Waals surface area contributed by atoms with Crippen molar-refractivity contribution in [3.05, 3.63) is 29.8 Å². The van der Waals surface area contributed by atoms with Crippen LogP contribution in [0.2, 0.25) is 0 Å². The van der Waals surface area contributed by atoms with Gasteiger partial charge in [-0.05, 0) is 18.9 Å². The molecule has 1 aromatic rings. The Morgan fingerprint density at radius 2 is 1.82 bits per heavy atom. The molecule has 2 heterocycles. The molecule has 1 aromatic carbocycles. The van der Waals surface area contributed by atoms with Crippen LogP contribution >= 0.6 is 12.4 Å². The summed E-state index contributed by atoms with van der Waals surface area (Å²) in [6, 6.07) is 7.92. The number of likely N-dealkylation sites (tertiary alicyclic amines) is 1. The van der Waals surface area contributed by atoms with Crippen LogP contribution < -0.4 is 10.1 Å².